The summed E-state index contributed by atoms with van der Waals surface area (Å²) in [5, 5.41) is 5.52. The summed E-state index contributed by atoms with van der Waals surface area (Å²) < 4.78 is 15.6. The molecule has 0 unspecified atom stereocenters. The number of carbonyl (C=O) groups is 1. The molecule has 0 atom stereocenters. The van der Waals surface area contributed by atoms with Crippen molar-refractivity contribution in [2.45, 2.75) is 25.9 Å². The fourth-order valence-electron chi connectivity index (χ4n) is 4.41. The van der Waals surface area contributed by atoms with E-state index in [9.17, 15) is 14.0 Å². The van der Waals surface area contributed by atoms with Gasteiger partial charge in [-0.3, -0.25) is 14.2 Å². The Morgan fingerprint density at radius 2 is 1.89 bits per heavy atom. The van der Waals surface area contributed by atoms with Crippen LogP contribution in [0.4, 0.5) is 10.3 Å². The molecule has 1 saturated heterocycles. The van der Waals surface area contributed by atoms with E-state index in [0.717, 1.165) is 11.1 Å². The third-order valence-electron chi connectivity index (χ3n) is 6.30. The Morgan fingerprint density at radius 1 is 1.11 bits per heavy atom. The number of nitrogens with one attached hydrogen (secondary N) is 1. The van der Waals surface area contributed by atoms with Crippen molar-refractivity contribution in [3.8, 4) is 0 Å². The highest BCUT2D eigenvalue weighted by Gasteiger charge is 2.27. The number of amides is 1. The molecule has 2 aromatic heterocycles. The minimum Gasteiger partial charge on any atom is -0.352 e. The van der Waals surface area contributed by atoms with Crippen LogP contribution >= 0.6 is 22.9 Å². The molecule has 0 spiro atoms. The minimum atomic E-state index is -0.316. The number of aromatic nitrogens is 2. The van der Waals surface area contributed by atoms with E-state index in [1.165, 1.54) is 23.5 Å². The second kappa shape index (κ2) is 10.2. The normalized spacial score (nSPS) is 14.4. The van der Waals surface area contributed by atoms with E-state index in [0.29, 0.717) is 60.2 Å². The fraction of sp³-hybridized carbons (Fsp3) is 0.269. The predicted octanol–water partition coefficient (Wildman–Crippen LogP) is 4.83. The van der Waals surface area contributed by atoms with Gasteiger partial charge in [0.05, 0.1) is 12.1 Å². The number of hydrogen-bond donors (Lipinski definition) is 1. The lowest BCUT2D eigenvalue weighted by Gasteiger charge is -2.33. The van der Waals surface area contributed by atoms with Gasteiger partial charge in [-0.2, -0.15) is 0 Å². The summed E-state index contributed by atoms with van der Waals surface area (Å²) in [7, 11) is 0. The number of hydrogen-bond acceptors (Lipinski definition) is 5. The quantitative estimate of drug-likeness (QED) is 0.403. The van der Waals surface area contributed by atoms with E-state index in [-0.39, 0.29) is 23.2 Å². The van der Waals surface area contributed by atoms with Crippen molar-refractivity contribution >= 4 is 45.0 Å². The molecule has 4 aromatic rings. The zero-order valence-electron chi connectivity index (χ0n) is 18.9. The molecule has 2 aromatic carbocycles. The number of anilines is 1. The largest absolute Gasteiger partial charge is 0.352 e. The Bertz CT molecular complexity index is 1410. The maximum atomic E-state index is 13.4. The van der Waals surface area contributed by atoms with Gasteiger partial charge in [-0.05, 0) is 59.7 Å². The Hall–Kier alpha value is -3.23. The molecule has 0 aliphatic carbocycles. The third-order valence-corrected chi connectivity index (χ3v) is 7.43. The summed E-state index contributed by atoms with van der Waals surface area (Å²) in [6.07, 6.45) is 1.32. The molecule has 35 heavy (non-hydrogen) atoms. The van der Waals surface area contributed by atoms with Crippen molar-refractivity contribution in [3.05, 3.63) is 92.3 Å². The number of halogens is 2. The van der Waals surface area contributed by atoms with Gasteiger partial charge in [0, 0.05) is 30.6 Å². The van der Waals surface area contributed by atoms with E-state index in [2.05, 4.69) is 10.2 Å². The van der Waals surface area contributed by atoms with Crippen molar-refractivity contribution in [2.24, 2.45) is 5.92 Å². The van der Waals surface area contributed by atoms with Gasteiger partial charge in [0.2, 0.25) is 11.9 Å². The number of piperidine rings is 1. The van der Waals surface area contributed by atoms with Gasteiger partial charge in [0.25, 0.3) is 5.56 Å². The molecule has 1 N–H and O–H groups in total. The van der Waals surface area contributed by atoms with E-state index in [1.54, 1.807) is 22.8 Å². The van der Waals surface area contributed by atoms with Crippen LogP contribution in [0.1, 0.15) is 24.0 Å². The van der Waals surface area contributed by atoms with Crippen LogP contribution in [0.3, 0.4) is 0 Å². The number of carbonyl (C=O) groups excluding carboxylic acids is 1. The maximum Gasteiger partial charge on any atom is 0.273 e. The van der Waals surface area contributed by atoms with Crippen LogP contribution in [0.25, 0.3) is 10.2 Å². The molecule has 1 amide bonds. The summed E-state index contributed by atoms with van der Waals surface area (Å²) >= 11 is 7.40. The highest BCUT2D eigenvalue weighted by molar-refractivity contribution is 7.17. The molecule has 0 bridgehead atoms. The van der Waals surface area contributed by atoms with Crippen LogP contribution in [0.15, 0.2) is 64.8 Å². The van der Waals surface area contributed by atoms with Crippen LogP contribution < -0.4 is 15.8 Å². The fourth-order valence-corrected chi connectivity index (χ4v) is 5.40. The van der Waals surface area contributed by atoms with Gasteiger partial charge in [-0.1, -0.05) is 35.9 Å². The third kappa shape index (κ3) is 5.23. The lowest BCUT2D eigenvalue weighted by atomic mass is 9.96. The molecule has 3 heterocycles. The van der Waals surface area contributed by atoms with Crippen molar-refractivity contribution in [1.29, 1.82) is 0 Å². The van der Waals surface area contributed by atoms with Gasteiger partial charge in [-0.25, -0.2) is 9.37 Å². The second-order valence-corrected chi connectivity index (χ2v) is 10.0. The molecule has 6 nitrogen and oxygen atoms in total. The molecule has 1 aliphatic heterocycles. The lowest BCUT2D eigenvalue weighted by molar-refractivity contribution is -0.125. The molecule has 9 heteroatoms. The zero-order chi connectivity index (χ0) is 24.4. The van der Waals surface area contributed by atoms with E-state index >= 15 is 0 Å². The van der Waals surface area contributed by atoms with Gasteiger partial charge in [0.1, 0.15) is 10.5 Å². The predicted molar refractivity (Wildman–Crippen MR) is 138 cm³/mol. The molecule has 1 fully saturated rings. The first-order valence-corrected chi connectivity index (χ1v) is 12.7. The Morgan fingerprint density at radius 3 is 2.63 bits per heavy atom. The number of fused-ring (bicyclic) bond motifs is 1. The van der Waals surface area contributed by atoms with Gasteiger partial charge in [-0.15, -0.1) is 11.3 Å². The Kier molecular flexibility index (Phi) is 6.83. The lowest BCUT2D eigenvalue weighted by Crippen LogP contribution is -2.42. The van der Waals surface area contributed by atoms with Gasteiger partial charge in [0.15, 0.2) is 0 Å². The summed E-state index contributed by atoms with van der Waals surface area (Å²) in [5.41, 5.74) is 2.35. The Balaban J connectivity index is 1.31. The van der Waals surface area contributed by atoms with Crippen LogP contribution in [0.2, 0.25) is 5.02 Å². The van der Waals surface area contributed by atoms with E-state index in [4.69, 9.17) is 16.6 Å². The average molecular weight is 511 g/mol. The maximum absolute atomic E-state index is 13.4. The average Bonchev–Trinajstić information content (AvgIpc) is 3.35. The highest BCUT2D eigenvalue weighted by atomic mass is 35.5. The molecule has 1 aliphatic rings. The van der Waals surface area contributed by atoms with Crippen molar-refractivity contribution < 1.29 is 9.18 Å². The van der Waals surface area contributed by atoms with E-state index < -0.39 is 0 Å². The summed E-state index contributed by atoms with van der Waals surface area (Å²) in [5.74, 6) is 0.189. The first kappa shape index (κ1) is 23.5. The first-order chi connectivity index (χ1) is 17.0. The second-order valence-electron chi connectivity index (χ2n) is 8.67. The SMILES string of the molecule is O=C(NCc1cccc(Cl)c1)C1CCN(c2nc3ccsc3c(=O)n2Cc2ccc(F)cc2)CC1. The number of rotatable bonds is 6. The minimum absolute atomic E-state index is 0.0228. The Labute approximate surface area is 211 Å². The topological polar surface area (TPSA) is 67.2 Å². The summed E-state index contributed by atoms with van der Waals surface area (Å²) in [4.78, 5) is 32.9. The summed E-state index contributed by atoms with van der Waals surface area (Å²) in [6.45, 7) is 1.96. The molecular weight excluding hydrogens is 487 g/mol. The van der Waals surface area contributed by atoms with Crippen LogP contribution in [-0.2, 0) is 17.9 Å². The monoisotopic (exact) mass is 510 g/mol. The first-order valence-electron chi connectivity index (χ1n) is 11.5. The zero-order valence-corrected chi connectivity index (χ0v) is 20.5. The van der Waals surface area contributed by atoms with Gasteiger partial charge >= 0.3 is 0 Å². The van der Waals surface area contributed by atoms with Crippen LogP contribution in [0, 0.1) is 11.7 Å². The number of benzene rings is 2. The number of nitrogens with zero attached hydrogens (tertiary/aromatic N) is 3. The van der Waals surface area contributed by atoms with Crippen LogP contribution in [0.5, 0.6) is 0 Å². The van der Waals surface area contributed by atoms with Crippen molar-refractivity contribution in [1.82, 2.24) is 14.9 Å². The number of thiophene rings is 1. The van der Waals surface area contributed by atoms with Gasteiger partial charge < -0.3 is 10.2 Å². The van der Waals surface area contributed by atoms with Crippen molar-refractivity contribution in [3.63, 3.8) is 0 Å². The van der Waals surface area contributed by atoms with E-state index in [1.807, 2.05) is 29.6 Å². The molecule has 5 rings (SSSR count). The molecular formula is C26H24ClFN4O2S. The smallest absolute Gasteiger partial charge is 0.273 e. The van der Waals surface area contributed by atoms with Crippen LogP contribution in [-0.4, -0.2) is 28.5 Å². The molecule has 0 saturated carbocycles. The summed E-state index contributed by atoms with van der Waals surface area (Å²) in [6, 6.07) is 15.4. The standard InChI is InChI=1S/C26H24ClFN4O2S/c27-20-3-1-2-18(14-20)15-29-24(33)19-8-11-31(12-9-19)26-30-22-10-13-35-23(22)25(34)32(26)16-17-4-6-21(28)7-5-17/h1-7,10,13-14,19H,8-9,11-12,15-16H2,(H,29,33). The molecule has 180 valence electrons. The highest BCUT2D eigenvalue weighted by Crippen LogP contribution is 2.25. The van der Waals surface area contributed by atoms with Crippen molar-refractivity contribution in [2.75, 3.05) is 18.0 Å². The molecule has 0 radical (unpaired) electrons.